The summed E-state index contributed by atoms with van der Waals surface area (Å²) in [4.78, 5) is 0.389. The smallest absolute Gasteiger partial charge is 0.181 e. The lowest BCUT2D eigenvalue weighted by atomic mass is 10.0. The van der Waals surface area contributed by atoms with E-state index < -0.39 is 9.84 Å². The Morgan fingerprint density at radius 3 is 2.62 bits per heavy atom. The van der Waals surface area contributed by atoms with Crippen LogP contribution in [0.2, 0.25) is 0 Å². The van der Waals surface area contributed by atoms with E-state index in [0.717, 1.165) is 49.5 Å². The highest BCUT2D eigenvalue weighted by atomic mass is 32.2. The maximum atomic E-state index is 12.7. The van der Waals surface area contributed by atoms with E-state index in [1.165, 1.54) is 11.3 Å². The molecule has 0 aliphatic carbocycles. The van der Waals surface area contributed by atoms with Crippen LogP contribution in [0, 0.1) is 0 Å². The fraction of sp³-hybridized carbons (Fsp3) is 0.429. The van der Waals surface area contributed by atoms with Crippen LogP contribution in [0.1, 0.15) is 31.5 Å². The molecule has 1 aliphatic rings. The first-order valence-corrected chi connectivity index (χ1v) is 11.1. The molecule has 0 atom stereocenters. The van der Waals surface area contributed by atoms with Gasteiger partial charge < -0.3 is 9.88 Å². The molecule has 1 aliphatic heterocycles. The van der Waals surface area contributed by atoms with Gasteiger partial charge in [0.15, 0.2) is 9.84 Å². The number of rotatable bonds is 4. The Labute approximate surface area is 156 Å². The van der Waals surface area contributed by atoms with E-state index in [9.17, 15) is 8.42 Å². The summed E-state index contributed by atoms with van der Waals surface area (Å²) in [6, 6.07) is 8.72. The quantitative estimate of drug-likeness (QED) is 0.888. The van der Waals surface area contributed by atoms with E-state index in [0.29, 0.717) is 4.90 Å². The maximum absolute atomic E-state index is 12.7. The van der Waals surface area contributed by atoms with Crippen molar-refractivity contribution in [3.63, 3.8) is 0 Å². The second-order valence-electron chi connectivity index (χ2n) is 6.66. The lowest BCUT2D eigenvalue weighted by Gasteiger charge is -2.14. The molecule has 0 fully saturated rings. The van der Waals surface area contributed by atoms with Crippen LogP contribution in [0.4, 0.5) is 0 Å². The molecule has 4 nitrogen and oxygen atoms in total. The SMILES string of the molecule is C/C=c1\c(=C/CS(=O)(=O)c2ccccc2)c2c(n1CC)CCNCCC2. The molecule has 0 unspecified atom stereocenters. The highest BCUT2D eigenvalue weighted by molar-refractivity contribution is 7.91. The van der Waals surface area contributed by atoms with Crippen molar-refractivity contribution < 1.29 is 8.42 Å². The molecule has 1 aromatic carbocycles. The molecule has 5 heteroatoms. The molecular formula is C21H28N2O2S. The molecule has 1 N–H and O–H groups in total. The summed E-state index contributed by atoms with van der Waals surface area (Å²) in [6.07, 6.45) is 7.10. The van der Waals surface area contributed by atoms with Gasteiger partial charge in [-0.3, -0.25) is 0 Å². The molecular weight excluding hydrogens is 344 g/mol. The molecule has 0 amide bonds. The first kappa shape index (κ1) is 18.9. The topological polar surface area (TPSA) is 51.1 Å². The van der Waals surface area contributed by atoms with Crippen LogP contribution in [0.25, 0.3) is 12.2 Å². The van der Waals surface area contributed by atoms with E-state index in [-0.39, 0.29) is 5.75 Å². The van der Waals surface area contributed by atoms with Crippen LogP contribution in [0.5, 0.6) is 0 Å². The number of sulfone groups is 1. The standard InChI is InChI=1S/C21H28N2O2S/c1-3-20-19(13-16-26(24,25)17-9-6-5-7-10-17)18-11-8-14-22-15-12-21(18)23(20)4-2/h3,5-7,9-10,13,22H,4,8,11-12,14-16H2,1-2H3/b19-13-,20-3+. The second kappa shape index (κ2) is 8.23. The number of nitrogens with one attached hydrogen (secondary N) is 1. The van der Waals surface area contributed by atoms with Gasteiger partial charge in [-0.2, -0.15) is 0 Å². The molecule has 0 spiro atoms. The van der Waals surface area contributed by atoms with E-state index >= 15 is 0 Å². The van der Waals surface area contributed by atoms with Crippen LogP contribution in [0.3, 0.4) is 0 Å². The van der Waals surface area contributed by atoms with Crippen molar-refractivity contribution in [3.05, 3.63) is 52.2 Å². The number of nitrogens with zero attached hydrogens (tertiary/aromatic N) is 1. The molecule has 3 rings (SSSR count). The fourth-order valence-corrected chi connectivity index (χ4v) is 5.02. The number of hydrogen-bond donors (Lipinski definition) is 1. The molecule has 0 radical (unpaired) electrons. The Hall–Kier alpha value is -1.85. The minimum absolute atomic E-state index is 0.0380. The third-order valence-electron chi connectivity index (χ3n) is 5.08. The first-order valence-electron chi connectivity index (χ1n) is 9.43. The number of hydrogen-bond acceptors (Lipinski definition) is 3. The summed E-state index contributed by atoms with van der Waals surface area (Å²) in [5, 5.41) is 5.75. The first-order chi connectivity index (χ1) is 12.6. The van der Waals surface area contributed by atoms with E-state index in [1.54, 1.807) is 24.3 Å². The molecule has 1 aromatic heterocycles. The summed E-state index contributed by atoms with van der Waals surface area (Å²) < 4.78 is 27.8. The lowest BCUT2D eigenvalue weighted by molar-refractivity contribution is 0.594. The second-order valence-corrected chi connectivity index (χ2v) is 8.69. The Morgan fingerprint density at radius 1 is 1.15 bits per heavy atom. The maximum Gasteiger partial charge on any atom is 0.181 e. The predicted octanol–water partition coefficient (Wildman–Crippen LogP) is 1.64. The van der Waals surface area contributed by atoms with Crippen LogP contribution in [-0.2, 0) is 29.2 Å². The average molecular weight is 373 g/mol. The van der Waals surface area contributed by atoms with E-state index in [4.69, 9.17) is 0 Å². The Morgan fingerprint density at radius 2 is 1.92 bits per heavy atom. The van der Waals surface area contributed by atoms with Crippen molar-refractivity contribution in [2.45, 2.75) is 44.6 Å². The van der Waals surface area contributed by atoms with E-state index in [2.05, 4.69) is 22.9 Å². The Bertz CT molecular complexity index is 973. The van der Waals surface area contributed by atoms with Gasteiger partial charge in [0, 0.05) is 30.6 Å². The van der Waals surface area contributed by atoms with Crippen molar-refractivity contribution in [2.24, 2.45) is 0 Å². The van der Waals surface area contributed by atoms with Gasteiger partial charge in [-0.15, -0.1) is 0 Å². The lowest BCUT2D eigenvalue weighted by Crippen LogP contribution is -2.31. The van der Waals surface area contributed by atoms with Gasteiger partial charge in [-0.05, 0) is 56.1 Å². The van der Waals surface area contributed by atoms with Gasteiger partial charge in [0.2, 0.25) is 0 Å². The van der Waals surface area contributed by atoms with Crippen LogP contribution < -0.4 is 15.9 Å². The monoisotopic (exact) mass is 372 g/mol. The zero-order chi connectivity index (χ0) is 18.6. The molecule has 2 aromatic rings. The molecule has 140 valence electrons. The summed E-state index contributed by atoms with van der Waals surface area (Å²) >= 11 is 0. The number of aromatic nitrogens is 1. The Kier molecular flexibility index (Phi) is 5.99. The van der Waals surface area contributed by atoms with Crippen molar-refractivity contribution >= 4 is 22.0 Å². The third-order valence-corrected chi connectivity index (χ3v) is 6.68. The van der Waals surface area contributed by atoms with Crippen LogP contribution in [-0.4, -0.2) is 31.8 Å². The van der Waals surface area contributed by atoms with Crippen molar-refractivity contribution in [2.75, 3.05) is 18.8 Å². The molecule has 2 heterocycles. The molecule has 26 heavy (non-hydrogen) atoms. The highest BCUT2D eigenvalue weighted by Gasteiger charge is 2.17. The Balaban J connectivity index is 2.11. The normalized spacial score (nSPS) is 17.0. The predicted molar refractivity (Wildman–Crippen MR) is 107 cm³/mol. The van der Waals surface area contributed by atoms with Gasteiger partial charge in [0.1, 0.15) is 0 Å². The fourth-order valence-electron chi connectivity index (χ4n) is 3.87. The van der Waals surface area contributed by atoms with Crippen molar-refractivity contribution in [3.8, 4) is 0 Å². The summed E-state index contributed by atoms with van der Waals surface area (Å²) in [5.41, 5.74) is 2.70. The molecule has 0 bridgehead atoms. The summed E-state index contributed by atoms with van der Waals surface area (Å²) in [6.45, 7) is 7.09. The van der Waals surface area contributed by atoms with Gasteiger partial charge in [-0.1, -0.05) is 30.4 Å². The van der Waals surface area contributed by atoms with Crippen molar-refractivity contribution in [1.82, 2.24) is 9.88 Å². The number of fused-ring (bicyclic) bond motifs is 1. The van der Waals surface area contributed by atoms with Gasteiger partial charge in [0.05, 0.1) is 10.6 Å². The molecule has 0 saturated carbocycles. The van der Waals surface area contributed by atoms with Crippen LogP contribution in [0.15, 0.2) is 35.2 Å². The molecule has 0 saturated heterocycles. The van der Waals surface area contributed by atoms with Gasteiger partial charge in [0.25, 0.3) is 0 Å². The van der Waals surface area contributed by atoms with Gasteiger partial charge in [-0.25, -0.2) is 8.42 Å². The third kappa shape index (κ3) is 3.79. The van der Waals surface area contributed by atoms with E-state index in [1.807, 2.05) is 19.1 Å². The highest BCUT2D eigenvalue weighted by Crippen LogP contribution is 2.12. The largest absolute Gasteiger partial charge is 0.345 e. The van der Waals surface area contributed by atoms with Crippen LogP contribution >= 0.6 is 0 Å². The van der Waals surface area contributed by atoms with Gasteiger partial charge >= 0.3 is 0 Å². The average Bonchev–Trinajstić information content (AvgIpc) is 2.91. The minimum Gasteiger partial charge on any atom is -0.345 e. The number of benzene rings is 1. The zero-order valence-electron chi connectivity index (χ0n) is 15.7. The summed E-state index contributed by atoms with van der Waals surface area (Å²) in [7, 11) is -3.31. The minimum atomic E-state index is -3.31. The summed E-state index contributed by atoms with van der Waals surface area (Å²) in [5.74, 6) is 0.0380. The zero-order valence-corrected chi connectivity index (χ0v) is 16.5. The van der Waals surface area contributed by atoms with Crippen molar-refractivity contribution in [1.29, 1.82) is 0 Å².